The first-order valence-corrected chi connectivity index (χ1v) is 14.3. The maximum Gasteiger partial charge on any atom is 0.253 e. The number of carbonyl (C=O) groups is 1. The van der Waals surface area contributed by atoms with Crippen molar-refractivity contribution in [1.82, 2.24) is 14.9 Å². The molecule has 34 heavy (non-hydrogen) atoms. The third-order valence-corrected chi connectivity index (χ3v) is 9.83. The van der Waals surface area contributed by atoms with Crippen LogP contribution in [-0.2, 0) is 21.2 Å². The molecule has 176 valence electrons. The molecule has 7 nitrogen and oxygen atoms in total. The number of halogens is 1. The Morgan fingerprint density at radius 2 is 1.85 bits per heavy atom. The van der Waals surface area contributed by atoms with Crippen LogP contribution in [0.5, 0.6) is 0 Å². The average molecular weight is 534 g/mol. The summed E-state index contributed by atoms with van der Waals surface area (Å²) in [6.45, 7) is 0.778. The third kappa shape index (κ3) is 4.48. The fraction of sp³-hybridized carbons (Fsp3) is 0.261. The van der Waals surface area contributed by atoms with Crippen molar-refractivity contribution in [2.24, 2.45) is 0 Å². The summed E-state index contributed by atoms with van der Waals surface area (Å²) in [5, 5.41) is 13.5. The van der Waals surface area contributed by atoms with Crippen LogP contribution in [-0.4, -0.2) is 47.4 Å². The fourth-order valence-corrected chi connectivity index (χ4v) is 7.50. The summed E-state index contributed by atoms with van der Waals surface area (Å²) in [6, 6.07) is 11.8. The van der Waals surface area contributed by atoms with E-state index in [-0.39, 0.29) is 16.6 Å². The second-order valence-corrected chi connectivity index (χ2v) is 12.3. The number of benzene rings is 2. The molecule has 0 bridgehead atoms. The molecule has 0 saturated carbocycles. The van der Waals surface area contributed by atoms with Gasteiger partial charge in [-0.15, -0.1) is 22.7 Å². The number of thiazole rings is 2. The number of aromatic nitrogens is 2. The Morgan fingerprint density at radius 1 is 1.12 bits per heavy atom. The van der Waals surface area contributed by atoms with E-state index in [1.165, 1.54) is 22.7 Å². The first kappa shape index (κ1) is 23.4. The van der Waals surface area contributed by atoms with Crippen molar-refractivity contribution >= 4 is 60.2 Å². The SMILES string of the molecule is O=C(c1ccc(CS(=O)(=O)c2cccc3scnc23)cc1)N1CCC(O)(c2nc(Cl)cs2)CC1. The molecule has 1 N–H and O–H groups in total. The quantitative estimate of drug-likeness (QED) is 0.405. The molecule has 5 rings (SSSR count). The lowest BCUT2D eigenvalue weighted by atomic mass is 9.91. The number of fused-ring (bicyclic) bond motifs is 1. The van der Waals surface area contributed by atoms with Crippen LogP contribution in [0.15, 0.2) is 58.3 Å². The molecule has 1 amide bonds. The Kier molecular flexibility index (Phi) is 6.19. The molecule has 0 atom stereocenters. The van der Waals surface area contributed by atoms with E-state index in [1.54, 1.807) is 52.2 Å². The summed E-state index contributed by atoms with van der Waals surface area (Å²) in [4.78, 5) is 23.3. The fourth-order valence-electron chi connectivity index (χ4n) is 4.10. The highest BCUT2D eigenvalue weighted by Gasteiger charge is 2.38. The van der Waals surface area contributed by atoms with Gasteiger partial charge in [-0.2, -0.15) is 0 Å². The summed E-state index contributed by atoms with van der Waals surface area (Å²) in [7, 11) is -3.59. The van der Waals surface area contributed by atoms with Crippen LogP contribution in [0.3, 0.4) is 0 Å². The molecule has 2 aromatic heterocycles. The summed E-state index contributed by atoms with van der Waals surface area (Å²) in [5.74, 6) is -0.327. The first-order valence-electron chi connectivity index (χ1n) is 10.5. The standard InChI is InChI=1S/C23H20ClN3O4S3/c24-19-12-32-22(26-19)23(29)8-10-27(11-9-23)21(28)16-6-4-15(5-7-16)13-34(30,31)18-3-1-2-17-20(18)25-14-33-17/h1-7,12,14,29H,8-11,13H2. The molecule has 1 saturated heterocycles. The van der Waals surface area contributed by atoms with Gasteiger partial charge in [-0.1, -0.05) is 29.8 Å². The Labute approximate surface area is 209 Å². The largest absolute Gasteiger partial charge is 0.383 e. The zero-order chi connectivity index (χ0) is 23.9. The summed E-state index contributed by atoms with van der Waals surface area (Å²) >= 11 is 8.61. The second-order valence-electron chi connectivity index (χ2n) is 8.21. The summed E-state index contributed by atoms with van der Waals surface area (Å²) in [6.07, 6.45) is 0.752. The molecule has 3 heterocycles. The molecule has 0 spiro atoms. The molecular weight excluding hydrogens is 514 g/mol. The minimum absolute atomic E-state index is 0.152. The molecule has 1 aliphatic heterocycles. The molecule has 1 aliphatic rings. The summed E-state index contributed by atoms with van der Waals surface area (Å²) < 4.78 is 26.9. The molecule has 0 aliphatic carbocycles. The molecule has 11 heteroatoms. The van der Waals surface area contributed by atoms with Crippen LogP contribution in [0, 0.1) is 0 Å². The maximum atomic E-state index is 13.0. The highest BCUT2D eigenvalue weighted by atomic mass is 35.5. The lowest BCUT2D eigenvalue weighted by Crippen LogP contribution is -2.45. The van der Waals surface area contributed by atoms with Gasteiger partial charge in [-0.25, -0.2) is 18.4 Å². The van der Waals surface area contributed by atoms with E-state index in [4.69, 9.17) is 11.6 Å². The lowest BCUT2D eigenvalue weighted by Gasteiger charge is -2.37. The van der Waals surface area contributed by atoms with E-state index < -0.39 is 15.4 Å². The number of sulfone groups is 1. The third-order valence-electron chi connectivity index (χ3n) is 5.97. The Bertz CT molecular complexity index is 1460. The van der Waals surface area contributed by atoms with E-state index >= 15 is 0 Å². The zero-order valence-corrected chi connectivity index (χ0v) is 21.1. The number of hydrogen-bond acceptors (Lipinski definition) is 8. The topological polar surface area (TPSA) is 100 Å². The predicted molar refractivity (Wildman–Crippen MR) is 133 cm³/mol. The van der Waals surface area contributed by atoms with Gasteiger partial charge in [-0.05, 0) is 29.8 Å². The molecule has 1 fully saturated rings. The van der Waals surface area contributed by atoms with Crippen LogP contribution in [0.4, 0.5) is 0 Å². The lowest BCUT2D eigenvalue weighted by molar-refractivity contribution is -0.0212. The Morgan fingerprint density at radius 3 is 2.53 bits per heavy atom. The van der Waals surface area contributed by atoms with Gasteiger partial charge < -0.3 is 10.0 Å². The summed E-state index contributed by atoms with van der Waals surface area (Å²) in [5.41, 5.74) is 2.12. The van der Waals surface area contributed by atoms with Gasteiger partial charge >= 0.3 is 0 Å². The smallest absolute Gasteiger partial charge is 0.253 e. The van der Waals surface area contributed by atoms with Crippen molar-refractivity contribution in [2.45, 2.75) is 29.1 Å². The van der Waals surface area contributed by atoms with Crippen LogP contribution < -0.4 is 0 Å². The minimum Gasteiger partial charge on any atom is -0.383 e. The van der Waals surface area contributed by atoms with E-state index in [9.17, 15) is 18.3 Å². The number of hydrogen-bond donors (Lipinski definition) is 1. The monoisotopic (exact) mass is 533 g/mol. The number of nitrogens with zero attached hydrogens (tertiary/aromatic N) is 3. The number of carbonyl (C=O) groups excluding carboxylic acids is 1. The number of para-hydroxylation sites is 1. The van der Waals surface area contributed by atoms with E-state index in [2.05, 4.69) is 9.97 Å². The van der Waals surface area contributed by atoms with Gasteiger partial charge in [0.1, 0.15) is 15.8 Å². The molecule has 2 aromatic carbocycles. The van der Waals surface area contributed by atoms with Crippen LogP contribution in [0.1, 0.15) is 33.8 Å². The van der Waals surface area contributed by atoms with Crippen molar-refractivity contribution < 1.29 is 18.3 Å². The van der Waals surface area contributed by atoms with Crippen molar-refractivity contribution in [3.63, 3.8) is 0 Å². The molecule has 0 unspecified atom stereocenters. The number of amides is 1. The normalized spacial score (nSPS) is 16.1. The van der Waals surface area contributed by atoms with Crippen molar-refractivity contribution in [1.29, 1.82) is 0 Å². The Balaban J connectivity index is 1.26. The van der Waals surface area contributed by atoms with Crippen molar-refractivity contribution in [3.8, 4) is 0 Å². The molecule has 0 radical (unpaired) electrons. The van der Waals surface area contributed by atoms with Gasteiger partial charge in [0.2, 0.25) is 0 Å². The highest BCUT2D eigenvalue weighted by Crippen LogP contribution is 2.36. The van der Waals surface area contributed by atoms with E-state index in [1.807, 2.05) is 6.07 Å². The zero-order valence-electron chi connectivity index (χ0n) is 17.8. The number of likely N-dealkylation sites (tertiary alicyclic amines) is 1. The van der Waals surface area contributed by atoms with Gasteiger partial charge in [0.15, 0.2) is 9.84 Å². The van der Waals surface area contributed by atoms with Crippen molar-refractivity contribution in [3.05, 3.63) is 74.6 Å². The molecular formula is C23H20ClN3O4S3. The number of rotatable bonds is 5. The average Bonchev–Trinajstić information content (AvgIpc) is 3.48. The maximum absolute atomic E-state index is 13.0. The van der Waals surface area contributed by atoms with Crippen LogP contribution in [0.2, 0.25) is 5.15 Å². The molecule has 4 aromatic rings. The van der Waals surface area contributed by atoms with Crippen molar-refractivity contribution in [2.75, 3.05) is 13.1 Å². The van der Waals surface area contributed by atoms with Crippen LogP contribution in [0.25, 0.3) is 10.2 Å². The van der Waals surface area contributed by atoms with E-state index in [0.717, 1.165) is 4.70 Å². The van der Waals surface area contributed by atoms with E-state index in [0.29, 0.717) is 52.7 Å². The van der Waals surface area contributed by atoms with Gasteiger partial charge in [0.05, 0.1) is 26.4 Å². The number of piperidine rings is 1. The van der Waals surface area contributed by atoms with Gasteiger partial charge in [0.25, 0.3) is 5.91 Å². The predicted octanol–water partition coefficient (Wildman–Crippen LogP) is 4.50. The number of aliphatic hydroxyl groups is 1. The minimum atomic E-state index is -3.59. The highest BCUT2D eigenvalue weighted by molar-refractivity contribution is 7.90. The van der Waals surface area contributed by atoms with Crippen LogP contribution >= 0.6 is 34.3 Å². The van der Waals surface area contributed by atoms with Gasteiger partial charge in [-0.3, -0.25) is 4.79 Å². The first-order chi connectivity index (χ1) is 16.2. The van der Waals surface area contributed by atoms with Gasteiger partial charge in [0, 0.05) is 36.9 Å². The second kappa shape index (κ2) is 9.01. The Hall–Kier alpha value is -2.37.